The number of nitrogens with two attached hydrogens (primary N) is 2. The number of amides is 6. The molecule has 0 heterocycles. The fraction of sp³-hybridized carbons (Fsp3) is 0.535. The molecule has 0 aliphatic heterocycles. The number of aliphatic hydroxyl groups excluding tert-OH is 1. The zero-order valence-corrected chi connectivity index (χ0v) is 36.6. The van der Waals surface area contributed by atoms with Gasteiger partial charge < -0.3 is 63.4 Å². The third-order valence-electron chi connectivity index (χ3n) is 9.78. The number of carbonyl (C=O) groups is 8. The third kappa shape index (κ3) is 19.2. The maximum Gasteiger partial charge on any atom is 0.323 e. The summed E-state index contributed by atoms with van der Waals surface area (Å²) in [7, 11) is 0. The molecule has 0 aromatic heterocycles. The van der Waals surface area contributed by atoms with Crippen LogP contribution in [0.5, 0.6) is 5.75 Å². The van der Waals surface area contributed by atoms with E-state index in [4.69, 9.17) is 16.2 Å². The van der Waals surface area contributed by atoms with E-state index in [0.29, 0.717) is 5.56 Å². The summed E-state index contributed by atoms with van der Waals surface area (Å²) in [5.74, 6) is -7.78. The van der Waals surface area contributed by atoms with Crippen molar-refractivity contribution in [2.75, 3.05) is 6.54 Å². The Hall–Kier alpha value is -6.12. The molecule has 0 unspecified atom stereocenters. The average Bonchev–Trinajstić information content (AvgIpc) is 3.21. The highest BCUT2D eigenvalue weighted by Crippen LogP contribution is 2.13. The average molecular weight is 885 g/mol. The maximum atomic E-state index is 13.8. The normalized spacial score (nSPS) is 15.0. The smallest absolute Gasteiger partial charge is 0.323 e. The highest BCUT2D eigenvalue weighted by molar-refractivity contribution is 5.97. The van der Waals surface area contributed by atoms with E-state index in [2.05, 4.69) is 31.9 Å². The Balaban J connectivity index is 2.24. The largest absolute Gasteiger partial charge is 0.508 e. The van der Waals surface area contributed by atoms with Crippen molar-refractivity contribution in [3.63, 3.8) is 0 Å². The third-order valence-corrected chi connectivity index (χ3v) is 9.78. The number of nitrogens with one attached hydrogen (secondary N) is 6. The Bertz CT molecular complexity index is 1840. The van der Waals surface area contributed by atoms with Crippen LogP contribution in [0.25, 0.3) is 0 Å². The number of ether oxygens (including phenoxy) is 1. The van der Waals surface area contributed by atoms with Crippen molar-refractivity contribution in [1.29, 1.82) is 0 Å². The molecule has 0 spiro atoms. The van der Waals surface area contributed by atoms with Gasteiger partial charge in [0.25, 0.3) is 0 Å². The van der Waals surface area contributed by atoms with E-state index in [0.717, 1.165) is 5.56 Å². The SMILES string of the molecule is CC(C)C[C@@H](NC(=O)[C@@H](CCC(=O)O)NC(=O)[C@H](NC(=O)[C@H](NC(=O)[C@@H](Cc1ccc(O)cc1)NCC[C@@H](N)C(=O)OCc1ccccc1)[C@@H](C)O)C(C)C)C(=O)N[C@H](C)C(N)=O. The number of phenolic OH excluding ortho intramolecular Hbond substituents is 1. The van der Waals surface area contributed by atoms with Gasteiger partial charge in [0.15, 0.2) is 0 Å². The lowest BCUT2D eigenvalue weighted by atomic mass is 9.99. The first-order valence-corrected chi connectivity index (χ1v) is 20.8. The number of benzene rings is 2. The van der Waals surface area contributed by atoms with Gasteiger partial charge in [0.1, 0.15) is 48.6 Å². The Morgan fingerprint density at radius 2 is 1.22 bits per heavy atom. The number of phenols is 1. The minimum Gasteiger partial charge on any atom is -0.508 e. The van der Waals surface area contributed by atoms with Crippen molar-refractivity contribution >= 4 is 47.4 Å². The Morgan fingerprint density at radius 1 is 0.667 bits per heavy atom. The molecule has 0 bridgehead atoms. The molecule has 6 amide bonds. The van der Waals surface area contributed by atoms with Gasteiger partial charge in [0, 0.05) is 6.42 Å². The molecular weight excluding hydrogens is 821 g/mol. The fourth-order valence-corrected chi connectivity index (χ4v) is 6.09. The van der Waals surface area contributed by atoms with Gasteiger partial charge >= 0.3 is 11.9 Å². The molecule has 2 rings (SSSR count). The lowest BCUT2D eigenvalue weighted by Gasteiger charge is -2.29. The molecule has 63 heavy (non-hydrogen) atoms. The number of carboxylic acids is 1. The van der Waals surface area contributed by atoms with Crippen LogP contribution in [0.15, 0.2) is 54.6 Å². The summed E-state index contributed by atoms with van der Waals surface area (Å²) in [4.78, 5) is 104. The monoisotopic (exact) mass is 884 g/mol. The van der Waals surface area contributed by atoms with Crippen LogP contribution in [0.3, 0.4) is 0 Å². The molecule has 0 saturated heterocycles. The topological polar surface area (TPSA) is 331 Å². The van der Waals surface area contributed by atoms with Gasteiger partial charge in [0.2, 0.25) is 35.4 Å². The van der Waals surface area contributed by atoms with Gasteiger partial charge in [-0.05, 0) is 81.2 Å². The van der Waals surface area contributed by atoms with Crippen molar-refractivity contribution < 1.29 is 58.4 Å². The molecule has 0 radical (unpaired) electrons. The highest BCUT2D eigenvalue weighted by atomic mass is 16.5. The van der Waals surface area contributed by atoms with E-state index in [-0.39, 0.29) is 44.1 Å². The summed E-state index contributed by atoms with van der Waals surface area (Å²) in [5, 5.41) is 45.4. The predicted molar refractivity (Wildman–Crippen MR) is 230 cm³/mol. The first kappa shape index (κ1) is 53.0. The van der Waals surface area contributed by atoms with E-state index >= 15 is 0 Å². The van der Waals surface area contributed by atoms with E-state index in [9.17, 15) is 53.7 Å². The second kappa shape index (κ2) is 26.4. The van der Waals surface area contributed by atoms with Gasteiger partial charge in [-0.3, -0.25) is 38.4 Å². The van der Waals surface area contributed by atoms with Crippen LogP contribution in [0.2, 0.25) is 0 Å². The second-order valence-electron chi connectivity index (χ2n) is 16.1. The highest BCUT2D eigenvalue weighted by Gasteiger charge is 2.35. The van der Waals surface area contributed by atoms with Crippen LogP contribution in [0.4, 0.5) is 0 Å². The molecular formula is C43H64N8O12. The molecule has 0 aliphatic rings. The standard InChI is InChI=1S/C43H64N8O12/c1-23(2)20-33(40(59)47-25(5)37(45)56)49-38(57)31(16-17-34(54)55)48-41(60)35(24(3)4)50-42(61)36(26(6)52)51-39(58)32(21-27-12-14-29(53)15-13-27)46-19-18-30(44)43(62)63-22-28-10-8-7-9-11-28/h7-15,23-26,30-33,35-36,46,52-53H,16-22,44H2,1-6H3,(H2,45,56)(H,47,59)(H,48,60)(H,49,57)(H,50,61)(H,51,58)(H,54,55)/t25-,26-,30-,31-,32-,33-,35-,36-/m1/s1. The summed E-state index contributed by atoms with van der Waals surface area (Å²) in [6.07, 6.45) is -2.25. The summed E-state index contributed by atoms with van der Waals surface area (Å²) in [6.45, 7) is 9.40. The number of primary amides is 1. The summed E-state index contributed by atoms with van der Waals surface area (Å²) in [5.41, 5.74) is 12.7. The van der Waals surface area contributed by atoms with Gasteiger partial charge in [0.05, 0.1) is 12.1 Å². The number of aliphatic carboxylic acids is 1. The van der Waals surface area contributed by atoms with Gasteiger partial charge in [-0.1, -0.05) is 70.2 Å². The van der Waals surface area contributed by atoms with E-state index in [1.165, 1.54) is 26.0 Å². The number of aromatic hydroxyl groups is 1. The number of hydrogen-bond donors (Lipinski definition) is 11. The quantitative estimate of drug-likeness (QED) is 0.0491. The van der Waals surface area contributed by atoms with Gasteiger partial charge in [-0.25, -0.2) is 0 Å². The Labute approximate surface area is 367 Å². The zero-order valence-electron chi connectivity index (χ0n) is 36.6. The van der Waals surface area contributed by atoms with E-state index < -0.39 is 115 Å². The van der Waals surface area contributed by atoms with Crippen molar-refractivity contribution in [2.45, 2.75) is 129 Å². The van der Waals surface area contributed by atoms with Crippen molar-refractivity contribution in [1.82, 2.24) is 31.9 Å². The Morgan fingerprint density at radius 3 is 1.78 bits per heavy atom. The van der Waals surface area contributed by atoms with Crippen LogP contribution >= 0.6 is 0 Å². The number of esters is 1. The van der Waals surface area contributed by atoms with Crippen LogP contribution in [-0.2, 0) is 56.1 Å². The number of carboxylic acid groups (broad SMARTS) is 1. The van der Waals surface area contributed by atoms with Gasteiger partial charge in [-0.15, -0.1) is 0 Å². The molecule has 20 nitrogen and oxygen atoms in total. The molecule has 2 aromatic rings. The van der Waals surface area contributed by atoms with E-state index in [1.807, 2.05) is 6.07 Å². The van der Waals surface area contributed by atoms with Crippen molar-refractivity contribution in [2.24, 2.45) is 23.3 Å². The minimum atomic E-state index is -1.62. The first-order valence-electron chi connectivity index (χ1n) is 20.8. The predicted octanol–water partition coefficient (Wildman–Crippen LogP) is -0.769. The molecule has 0 fully saturated rings. The number of hydrogen-bond acceptors (Lipinski definition) is 13. The number of carbonyl (C=O) groups excluding carboxylic acids is 7. The maximum absolute atomic E-state index is 13.8. The number of aliphatic hydroxyl groups is 1. The minimum absolute atomic E-state index is 0.00873. The summed E-state index contributed by atoms with van der Waals surface area (Å²) < 4.78 is 5.31. The van der Waals surface area contributed by atoms with Crippen molar-refractivity contribution in [3.8, 4) is 5.75 Å². The van der Waals surface area contributed by atoms with E-state index in [1.54, 1.807) is 64.1 Å². The molecule has 20 heteroatoms. The molecule has 348 valence electrons. The molecule has 0 saturated carbocycles. The lowest BCUT2D eigenvalue weighted by molar-refractivity contribution is -0.146. The number of rotatable bonds is 27. The van der Waals surface area contributed by atoms with Crippen molar-refractivity contribution in [3.05, 3.63) is 65.7 Å². The van der Waals surface area contributed by atoms with Crippen LogP contribution in [0, 0.1) is 11.8 Å². The molecule has 8 atom stereocenters. The first-order chi connectivity index (χ1) is 29.6. The van der Waals surface area contributed by atoms with Crippen LogP contribution in [0.1, 0.15) is 78.4 Å². The summed E-state index contributed by atoms with van der Waals surface area (Å²) in [6, 6.07) is 6.19. The molecule has 0 aliphatic carbocycles. The Kier molecular flexibility index (Phi) is 22.2. The zero-order chi connectivity index (χ0) is 47.4. The molecule has 13 N–H and O–H groups in total. The fourth-order valence-electron chi connectivity index (χ4n) is 6.09. The summed E-state index contributed by atoms with van der Waals surface area (Å²) >= 11 is 0. The second-order valence-corrected chi connectivity index (χ2v) is 16.1. The molecule has 2 aromatic carbocycles. The lowest BCUT2D eigenvalue weighted by Crippen LogP contribution is -2.62. The van der Waals surface area contributed by atoms with Gasteiger partial charge in [-0.2, -0.15) is 0 Å². The van der Waals surface area contributed by atoms with Crippen LogP contribution < -0.4 is 43.4 Å². The van der Waals surface area contributed by atoms with Crippen LogP contribution in [-0.4, -0.2) is 118 Å².